The molecule has 0 saturated heterocycles. The predicted molar refractivity (Wildman–Crippen MR) is 125 cm³/mol. The number of H-pyrrole nitrogens is 1. The summed E-state index contributed by atoms with van der Waals surface area (Å²) in [5.41, 5.74) is 3.64. The van der Waals surface area contributed by atoms with Crippen LogP contribution in [0.1, 0.15) is 37.5 Å². The second-order valence-electron chi connectivity index (χ2n) is 8.48. The van der Waals surface area contributed by atoms with Gasteiger partial charge >= 0.3 is 0 Å². The molecular formula is C24H25FN2O3S. The van der Waals surface area contributed by atoms with Gasteiger partial charge in [0.2, 0.25) is 10.0 Å². The molecule has 5 nitrogen and oxygen atoms in total. The molecule has 0 amide bonds. The van der Waals surface area contributed by atoms with Crippen molar-refractivity contribution in [1.82, 2.24) is 4.98 Å². The number of halogens is 1. The summed E-state index contributed by atoms with van der Waals surface area (Å²) in [5.74, 6) is -0.504. The molecular weight excluding hydrogens is 415 g/mol. The highest BCUT2D eigenvalue weighted by Crippen LogP contribution is 2.29. The second kappa shape index (κ2) is 8.51. The normalized spacial score (nSPS) is 12.3. The Morgan fingerprint density at radius 2 is 1.61 bits per heavy atom. The van der Waals surface area contributed by atoms with E-state index in [0.717, 1.165) is 29.1 Å². The van der Waals surface area contributed by atoms with Crippen molar-refractivity contribution in [1.29, 1.82) is 0 Å². The fraction of sp³-hybridized carbons (Fsp3) is 0.208. The zero-order chi connectivity index (χ0) is 22.8. The van der Waals surface area contributed by atoms with Gasteiger partial charge in [-0.2, -0.15) is 0 Å². The zero-order valence-electron chi connectivity index (χ0n) is 17.9. The Balaban J connectivity index is 1.99. The SMILES string of the molecule is CC(C)(C)c1cc(/C=C/c2ccc(NS(C)(=O)=O)cc2)cc(-c2cc(F)c[nH]c2=O)c1. The molecule has 0 aliphatic rings. The fourth-order valence-electron chi connectivity index (χ4n) is 3.08. The molecule has 31 heavy (non-hydrogen) atoms. The maximum atomic E-state index is 13.7. The molecule has 0 bridgehead atoms. The summed E-state index contributed by atoms with van der Waals surface area (Å²) >= 11 is 0. The van der Waals surface area contributed by atoms with Crippen LogP contribution in [0.15, 0.2) is 59.5 Å². The van der Waals surface area contributed by atoms with Gasteiger partial charge in [-0.25, -0.2) is 12.8 Å². The van der Waals surface area contributed by atoms with E-state index < -0.39 is 15.8 Å². The molecule has 3 aromatic rings. The van der Waals surface area contributed by atoms with E-state index in [2.05, 4.69) is 30.5 Å². The Bertz CT molecular complexity index is 1290. The molecule has 0 atom stereocenters. The van der Waals surface area contributed by atoms with Crippen LogP contribution in [0.3, 0.4) is 0 Å². The monoisotopic (exact) mass is 440 g/mol. The van der Waals surface area contributed by atoms with Crippen molar-refractivity contribution in [2.24, 2.45) is 0 Å². The average molecular weight is 441 g/mol. The van der Waals surface area contributed by atoms with E-state index in [-0.39, 0.29) is 16.5 Å². The topological polar surface area (TPSA) is 79.0 Å². The summed E-state index contributed by atoms with van der Waals surface area (Å²) in [6, 6.07) is 14.0. The van der Waals surface area contributed by atoms with E-state index >= 15 is 0 Å². The second-order valence-corrected chi connectivity index (χ2v) is 10.2. The quantitative estimate of drug-likeness (QED) is 0.547. The molecule has 0 aliphatic heterocycles. The summed E-state index contributed by atoms with van der Waals surface area (Å²) in [6.45, 7) is 6.22. The van der Waals surface area contributed by atoms with Gasteiger partial charge in [0.05, 0.1) is 6.26 Å². The first-order valence-corrected chi connectivity index (χ1v) is 11.6. The van der Waals surface area contributed by atoms with Crippen LogP contribution in [0.4, 0.5) is 10.1 Å². The molecule has 1 aromatic heterocycles. The van der Waals surface area contributed by atoms with Gasteiger partial charge in [-0.15, -0.1) is 0 Å². The van der Waals surface area contributed by atoms with Gasteiger partial charge in [0.15, 0.2) is 0 Å². The third-order valence-corrected chi connectivity index (χ3v) is 5.29. The molecule has 0 aliphatic carbocycles. The highest BCUT2D eigenvalue weighted by molar-refractivity contribution is 7.92. The summed E-state index contributed by atoms with van der Waals surface area (Å²) in [4.78, 5) is 14.7. The summed E-state index contributed by atoms with van der Waals surface area (Å²) in [5, 5.41) is 0. The Morgan fingerprint density at radius 1 is 0.968 bits per heavy atom. The fourth-order valence-corrected chi connectivity index (χ4v) is 3.64. The van der Waals surface area contributed by atoms with Crippen molar-refractivity contribution in [3.8, 4) is 11.1 Å². The number of aromatic nitrogens is 1. The number of hydrogen-bond donors (Lipinski definition) is 2. The van der Waals surface area contributed by atoms with Crippen molar-refractivity contribution in [3.05, 3.63) is 87.6 Å². The highest BCUT2D eigenvalue weighted by atomic mass is 32.2. The molecule has 0 fully saturated rings. The summed E-state index contributed by atoms with van der Waals surface area (Å²) < 4.78 is 38.8. The zero-order valence-corrected chi connectivity index (χ0v) is 18.7. The number of benzene rings is 2. The Morgan fingerprint density at radius 3 is 2.23 bits per heavy atom. The summed E-state index contributed by atoms with van der Waals surface area (Å²) in [7, 11) is -3.32. The lowest BCUT2D eigenvalue weighted by molar-refractivity contribution is 0.590. The van der Waals surface area contributed by atoms with Gasteiger partial charge in [-0.1, -0.05) is 57.2 Å². The molecule has 1 heterocycles. The van der Waals surface area contributed by atoms with Gasteiger partial charge in [-0.05, 0) is 51.9 Å². The third-order valence-electron chi connectivity index (χ3n) is 4.68. The highest BCUT2D eigenvalue weighted by Gasteiger charge is 2.16. The van der Waals surface area contributed by atoms with Crippen LogP contribution in [-0.2, 0) is 15.4 Å². The Kier molecular flexibility index (Phi) is 6.18. The molecule has 0 saturated carbocycles. The lowest BCUT2D eigenvalue weighted by Gasteiger charge is -2.21. The standard InChI is InChI=1S/C24H25FN2O3S/c1-24(2,3)19-12-17(11-18(13-19)22-14-20(25)15-26-23(22)28)6-5-16-7-9-21(10-8-16)27-31(4,29)30/h5-15,27H,1-4H3,(H,26,28)/b6-5+. The summed E-state index contributed by atoms with van der Waals surface area (Å²) in [6.07, 6.45) is 5.95. The van der Waals surface area contributed by atoms with E-state index in [9.17, 15) is 17.6 Å². The number of anilines is 1. The molecule has 0 spiro atoms. The molecule has 0 radical (unpaired) electrons. The first kappa shape index (κ1) is 22.5. The molecule has 0 unspecified atom stereocenters. The first-order chi connectivity index (χ1) is 14.4. The number of rotatable bonds is 5. The maximum absolute atomic E-state index is 13.7. The van der Waals surface area contributed by atoms with Crippen molar-refractivity contribution in [2.75, 3.05) is 11.0 Å². The molecule has 3 rings (SSSR count). The maximum Gasteiger partial charge on any atom is 0.256 e. The van der Waals surface area contributed by atoms with Gasteiger partial charge in [0.25, 0.3) is 5.56 Å². The van der Waals surface area contributed by atoms with Gasteiger partial charge in [0.1, 0.15) is 5.82 Å². The molecule has 2 N–H and O–H groups in total. The van der Waals surface area contributed by atoms with Crippen LogP contribution >= 0.6 is 0 Å². The van der Waals surface area contributed by atoms with Gasteiger partial charge in [0, 0.05) is 17.4 Å². The smallest absolute Gasteiger partial charge is 0.256 e. The minimum Gasteiger partial charge on any atom is -0.326 e. The van der Waals surface area contributed by atoms with Crippen LogP contribution < -0.4 is 10.3 Å². The lowest BCUT2D eigenvalue weighted by Crippen LogP contribution is -2.13. The Hall–Kier alpha value is -3.19. The molecule has 7 heteroatoms. The number of sulfonamides is 1. The van der Waals surface area contributed by atoms with E-state index in [0.29, 0.717) is 11.3 Å². The number of hydrogen-bond acceptors (Lipinski definition) is 3. The predicted octanol–water partition coefficient (Wildman–Crippen LogP) is 5.02. The van der Waals surface area contributed by atoms with Gasteiger partial charge < -0.3 is 4.98 Å². The average Bonchev–Trinajstić information content (AvgIpc) is 2.67. The molecule has 2 aromatic carbocycles. The number of aromatic amines is 1. The minimum atomic E-state index is -3.32. The number of nitrogens with one attached hydrogen (secondary N) is 2. The van der Waals surface area contributed by atoms with Crippen molar-refractivity contribution < 1.29 is 12.8 Å². The van der Waals surface area contributed by atoms with Crippen LogP contribution in [0.25, 0.3) is 23.3 Å². The number of pyridine rings is 1. The van der Waals surface area contributed by atoms with Crippen LogP contribution in [0.2, 0.25) is 0 Å². The van der Waals surface area contributed by atoms with Crippen molar-refractivity contribution in [2.45, 2.75) is 26.2 Å². The largest absolute Gasteiger partial charge is 0.326 e. The van der Waals surface area contributed by atoms with Crippen LogP contribution in [0, 0.1) is 5.82 Å². The van der Waals surface area contributed by atoms with E-state index in [1.165, 1.54) is 6.07 Å². The van der Waals surface area contributed by atoms with Crippen LogP contribution in [-0.4, -0.2) is 19.7 Å². The third kappa shape index (κ3) is 6.15. The molecule has 162 valence electrons. The van der Waals surface area contributed by atoms with Crippen LogP contribution in [0.5, 0.6) is 0 Å². The van der Waals surface area contributed by atoms with Crippen molar-refractivity contribution >= 4 is 27.9 Å². The minimum absolute atomic E-state index is 0.169. The van der Waals surface area contributed by atoms with Crippen molar-refractivity contribution in [3.63, 3.8) is 0 Å². The Labute approximate surface area is 181 Å². The lowest BCUT2D eigenvalue weighted by atomic mass is 9.84. The van der Waals surface area contributed by atoms with Gasteiger partial charge in [-0.3, -0.25) is 9.52 Å². The van der Waals surface area contributed by atoms with E-state index in [4.69, 9.17) is 0 Å². The first-order valence-electron chi connectivity index (χ1n) is 9.71. The van der Waals surface area contributed by atoms with E-state index in [1.807, 2.05) is 30.4 Å². The van der Waals surface area contributed by atoms with E-state index in [1.54, 1.807) is 24.3 Å².